The summed E-state index contributed by atoms with van der Waals surface area (Å²) >= 11 is 0. The third-order valence-corrected chi connectivity index (χ3v) is 5.94. The SMILES string of the molecule is CO[C@H]1C[C@H](c2nc(C)no2)N(S(=O)(=O)c2cc(C)oc2C)C1. The largest absolute Gasteiger partial charge is 0.465 e. The van der Waals surface area contributed by atoms with Crippen molar-refractivity contribution in [2.75, 3.05) is 13.7 Å². The van der Waals surface area contributed by atoms with Gasteiger partial charge in [0.25, 0.3) is 0 Å². The van der Waals surface area contributed by atoms with Gasteiger partial charge in [0.05, 0.1) is 6.10 Å². The highest BCUT2D eigenvalue weighted by atomic mass is 32.2. The molecule has 0 N–H and O–H groups in total. The van der Waals surface area contributed by atoms with E-state index in [1.54, 1.807) is 27.9 Å². The molecular formula is C14H19N3O5S. The number of aryl methyl sites for hydroxylation is 3. The highest BCUT2D eigenvalue weighted by molar-refractivity contribution is 7.89. The molecule has 0 radical (unpaired) electrons. The average molecular weight is 341 g/mol. The van der Waals surface area contributed by atoms with E-state index in [9.17, 15) is 8.42 Å². The topological polar surface area (TPSA) is 98.7 Å². The zero-order valence-electron chi connectivity index (χ0n) is 13.4. The molecule has 126 valence electrons. The van der Waals surface area contributed by atoms with Crippen molar-refractivity contribution in [2.45, 2.75) is 44.2 Å². The normalized spacial score (nSPS) is 22.8. The molecule has 1 saturated heterocycles. The Morgan fingerprint density at radius 2 is 2.09 bits per heavy atom. The second-order valence-corrected chi connectivity index (χ2v) is 7.50. The molecule has 0 saturated carbocycles. The van der Waals surface area contributed by atoms with Crippen LogP contribution in [0.2, 0.25) is 0 Å². The lowest BCUT2D eigenvalue weighted by Gasteiger charge is -2.20. The predicted molar refractivity (Wildman–Crippen MR) is 79.3 cm³/mol. The fraction of sp³-hybridized carbons (Fsp3) is 0.571. The van der Waals surface area contributed by atoms with Crippen molar-refractivity contribution in [2.24, 2.45) is 0 Å². The summed E-state index contributed by atoms with van der Waals surface area (Å²) in [6, 6.07) is 0.988. The van der Waals surface area contributed by atoms with Crippen LogP contribution in [0.1, 0.15) is 35.7 Å². The van der Waals surface area contributed by atoms with Crippen LogP contribution in [-0.4, -0.2) is 42.6 Å². The van der Waals surface area contributed by atoms with Gasteiger partial charge in [0.1, 0.15) is 22.5 Å². The Balaban J connectivity index is 2.02. The molecule has 9 heteroatoms. The van der Waals surface area contributed by atoms with Crippen LogP contribution in [-0.2, 0) is 14.8 Å². The van der Waals surface area contributed by atoms with Crippen molar-refractivity contribution in [1.82, 2.24) is 14.4 Å². The van der Waals surface area contributed by atoms with E-state index < -0.39 is 16.1 Å². The van der Waals surface area contributed by atoms with Crippen molar-refractivity contribution >= 4 is 10.0 Å². The van der Waals surface area contributed by atoms with Gasteiger partial charge in [-0.2, -0.15) is 9.29 Å². The first kappa shape index (κ1) is 16.2. The van der Waals surface area contributed by atoms with Gasteiger partial charge in [0.2, 0.25) is 15.9 Å². The minimum atomic E-state index is -3.75. The van der Waals surface area contributed by atoms with Gasteiger partial charge in [-0.1, -0.05) is 5.16 Å². The lowest BCUT2D eigenvalue weighted by molar-refractivity contribution is 0.114. The van der Waals surface area contributed by atoms with Gasteiger partial charge in [-0.3, -0.25) is 0 Å². The first-order chi connectivity index (χ1) is 10.8. The molecule has 3 rings (SSSR count). The number of methoxy groups -OCH3 is 1. The zero-order chi connectivity index (χ0) is 16.8. The summed E-state index contributed by atoms with van der Waals surface area (Å²) in [5, 5.41) is 3.76. The number of sulfonamides is 1. The van der Waals surface area contributed by atoms with Crippen LogP contribution in [0.3, 0.4) is 0 Å². The van der Waals surface area contributed by atoms with Crippen molar-refractivity contribution < 1.29 is 22.1 Å². The van der Waals surface area contributed by atoms with E-state index in [0.717, 1.165) is 0 Å². The summed E-state index contributed by atoms with van der Waals surface area (Å²) in [7, 11) is -2.19. The van der Waals surface area contributed by atoms with Crippen LogP contribution in [0.5, 0.6) is 0 Å². The number of hydrogen-bond donors (Lipinski definition) is 0. The summed E-state index contributed by atoms with van der Waals surface area (Å²) in [6.45, 7) is 5.27. The quantitative estimate of drug-likeness (QED) is 0.835. The van der Waals surface area contributed by atoms with E-state index >= 15 is 0 Å². The fourth-order valence-corrected chi connectivity index (χ4v) is 4.71. The molecule has 0 unspecified atom stereocenters. The number of furan rings is 1. The molecule has 23 heavy (non-hydrogen) atoms. The average Bonchev–Trinajstić information content (AvgIpc) is 3.17. The Labute approximate surface area is 134 Å². The second kappa shape index (κ2) is 5.73. The summed E-state index contributed by atoms with van der Waals surface area (Å²) < 4.78 is 43.3. The van der Waals surface area contributed by atoms with Crippen molar-refractivity contribution in [1.29, 1.82) is 0 Å². The molecule has 1 aliphatic heterocycles. The number of hydrogen-bond acceptors (Lipinski definition) is 7. The van der Waals surface area contributed by atoms with Crippen molar-refractivity contribution in [3.63, 3.8) is 0 Å². The monoisotopic (exact) mass is 341 g/mol. The van der Waals surface area contributed by atoms with Crippen LogP contribution in [0.25, 0.3) is 0 Å². The lowest BCUT2D eigenvalue weighted by atomic mass is 10.2. The molecular weight excluding hydrogens is 322 g/mol. The van der Waals surface area contributed by atoms with Crippen LogP contribution in [0, 0.1) is 20.8 Å². The summed E-state index contributed by atoms with van der Waals surface area (Å²) in [4.78, 5) is 4.34. The number of nitrogens with zero attached hydrogens (tertiary/aromatic N) is 3. The fourth-order valence-electron chi connectivity index (χ4n) is 2.87. The van der Waals surface area contributed by atoms with E-state index in [4.69, 9.17) is 13.7 Å². The number of aromatic nitrogens is 2. The van der Waals surface area contributed by atoms with Gasteiger partial charge in [-0.05, 0) is 26.8 Å². The predicted octanol–water partition coefficient (Wildman–Crippen LogP) is 1.74. The number of rotatable bonds is 4. The van der Waals surface area contributed by atoms with E-state index in [1.165, 1.54) is 10.4 Å². The lowest BCUT2D eigenvalue weighted by Crippen LogP contribution is -2.32. The Bertz CT molecular complexity index is 810. The van der Waals surface area contributed by atoms with Crippen LogP contribution in [0.15, 0.2) is 19.9 Å². The van der Waals surface area contributed by atoms with E-state index in [2.05, 4.69) is 10.1 Å². The first-order valence-corrected chi connectivity index (χ1v) is 8.69. The van der Waals surface area contributed by atoms with Crippen molar-refractivity contribution in [3.8, 4) is 0 Å². The molecule has 8 nitrogen and oxygen atoms in total. The summed E-state index contributed by atoms with van der Waals surface area (Å²) in [5.74, 6) is 1.66. The van der Waals surface area contributed by atoms with Gasteiger partial charge < -0.3 is 13.7 Å². The van der Waals surface area contributed by atoms with E-state index in [-0.39, 0.29) is 23.4 Å². The third kappa shape index (κ3) is 2.79. The highest BCUT2D eigenvalue weighted by Gasteiger charge is 2.44. The van der Waals surface area contributed by atoms with Gasteiger partial charge in [-0.25, -0.2) is 8.42 Å². The smallest absolute Gasteiger partial charge is 0.247 e. The summed E-state index contributed by atoms with van der Waals surface area (Å²) in [5.41, 5.74) is 0. The minimum Gasteiger partial charge on any atom is -0.465 e. The Morgan fingerprint density at radius 3 is 2.61 bits per heavy atom. The molecule has 2 atom stereocenters. The molecule has 0 aliphatic carbocycles. The van der Waals surface area contributed by atoms with E-state index in [0.29, 0.717) is 23.8 Å². The summed E-state index contributed by atoms with van der Waals surface area (Å²) in [6.07, 6.45) is 0.239. The standard InChI is InChI=1S/C14H19N3O5S/c1-8-5-13(9(2)21-8)23(18,19)17-7-11(20-4)6-12(17)14-15-10(3)16-22-14/h5,11-12H,6-7H2,1-4H3/t11-,12+/m0/s1. The number of ether oxygens (including phenoxy) is 1. The molecule has 2 aromatic heterocycles. The van der Waals surface area contributed by atoms with Crippen LogP contribution >= 0.6 is 0 Å². The molecule has 2 aromatic rings. The molecule has 1 fully saturated rings. The maximum atomic E-state index is 13.0. The van der Waals surface area contributed by atoms with Crippen LogP contribution < -0.4 is 0 Å². The maximum Gasteiger partial charge on any atom is 0.247 e. The molecule has 0 spiro atoms. The van der Waals surface area contributed by atoms with Crippen LogP contribution in [0.4, 0.5) is 0 Å². The maximum absolute atomic E-state index is 13.0. The highest BCUT2D eigenvalue weighted by Crippen LogP contribution is 2.38. The zero-order valence-corrected chi connectivity index (χ0v) is 14.3. The molecule has 0 bridgehead atoms. The van der Waals surface area contributed by atoms with Gasteiger partial charge in [0, 0.05) is 20.1 Å². The minimum absolute atomic E-state index is 0.160. The van der Waals surface area contributed by atoms with E-state index in [1.807, 2.05) is 0 Å². The second-order valence-electron chi connectivity index (χ2n) is 5.64. The Kier molecular flexibility index (Phi) is 4.03. The molecule has 1 aliphatic rings. The van der Waals surface area contributed by atoms with Gasteiger partial charge in [0.15, 0.2) is 5.82 Å². The molecule has 0 aromatic carbocycles. The van der Waals surface area contributed by atoms with Gasteiger partial charge in [-0.15, -0.1) is 0 Å². The van der Waals surface area contributed by atoms with Crippen molar-refractivity contribution in [3.05, 3.63) is 29.3 Å². The first-order valence-electron chi connectivity index (χ1n) is 7.24. The Hall–Kier alpha value is -1.71. The Morgan fingerprint density at radius 1 is 1.35 bits per heavy atom. The molecule has 3 heterocycles. The van der Waals surface area contributed by atoms with Gasteiger partial charge >= 0.3 is 0 Å². The molecule has 0 amide bonds. The third-order valence-electron chi connectivity index (χ3n) is 3.96.